The van der Waals surface area contributed by atoms with Crippen molar-refractivity contribution in [2.45, 2.75) is 19.4 Å². The maximum absolute atomic E-state index is 11.9. The molecule has 0 aliphatic carbocycles. The van der Waals surface area contributed by atoms with Crippen molar-refractivity contribution < 1.29 is 9.53 Å². The molecule has 0 radical (unpaired) electrons. The number of nitrogens with one attached hydrogen (secondary N) is 1. The van der Waals surface area contributed by atoms with Crippen LogP contribution >= 0.6 is 0 Å². The standard InChI is InChI=1S/C18H21N3O2/c22-18(14-23-13-15-6-2-1-3-7-15)20-16-8-9-17(19-12-16)21-10-4-5-11-21/h1-3,6-9,12H,4-5,10-11,13-14H2,(H,20,22). The molecule has 5 nitrogen and oxygen atoms in total. The molecule has 1 amide bonds. The first-order valence-corrected chi connectivity index (χ1v) is 7.94. The molecule has 3 rings (SSSR count). The van der Waals surface area contributed by atoms with E-state index in [2.05, 4.69) is 15.2 Å². The topological polar surface area (TPSA) is 54.5 Å². The van der Waals surface area contributed by atoms with Crippen LogP contribution in [-0.2, 0) is 16.1 Å². The third-order valence-corrected chi connectivity index (χ3v) is 3.81. The van der Waals surface area contributed by atoms with Crippen LogP contribution in [0.2, 0.25) is 0 Å². The van der Waals surface area contributed by atoms with E-state index in [4.69, 9.17) is 4.74 Å². The highest BCUT2D eigenvalue weighted by Gasteiger charge is 2.13. The van der Waals surface area contributed by atoms with Gasteiger partial charge in [0.2, 0.25) is 5.91 Å². The Kier molecular flexibility index (Phi) is 5.21. The summed E-state index contributed by atoms with van der Waals surface area (Å²) < 4.78 is 5.42. The van der Waals surface area contributed by atoms with Gasteiger partial charge >= 0.3 is 0 Å². The Hall–Kier alpha value is -2.40. The molecular weight excluding hydrogens is 290 g/mol. The Labute approximate surface area is 136 Å². The molecule has 0 unspecified atom stereocenters. The van der Waals surface area contributed by atoms with Crippen molar-refractivity contribution in [3.8, 4) is 0 Å². The number of pyridine rings is 1. The second-order valence-electron chi connectivity index (χ2n) is 5.63. The predicted octanol–water partition coefficient (Wildman–Crippen LogP) is 2.84. The molecule has 1 aliphatic rings. The van der Waals surface area contributed by atoms with E-state index in [0.29, 0.717) is 12.3 Å². The van der Waals surface area contributed by atoms with Gasteiger partial charge in [-0.15, -0.1) is 0 Å². The molecule has 0 bridgehead atoms. The fraction of sp³-hybridized carbons (Fsp3) is 0.333. The highest BCUT2D eigenvalue weighted by Crippen LogP contribution is 2.18. The van der Waals surface area contributed by atoms with Gasteiger partial charge in [-0.2, -0.15) is 0 Å². The molecule has 2 aromatic rings. The number of rotatable bonds is 6. The third-order valence-electron chi connectivity index (χ3n) is 3.81. The number of carbonyl (C=O) groups is 1. The van der Waals surface area contributed by atoms with Crippen LogP contribution in [0.1, 0.15) is 18.4 Å². The number of amides is 1. The lowest BCUT2D eigenvalue weighted by Crippen LogP contribution is -2.20. The van der Waals surface area contributed by atoms with Gasteiger partial charge in [0.25, 0.3) is 0 Å². The summed E-state index contributed by atoms with van der Waals surface area (Å²) in [7, 11) is 0. The fourth-order valence-electron chi connectivity index (χ4n) is 2.63. The lowest BCUT2D eigenvalue weighted by atomic mass is 10.2. The number of carbonyl (C=O) groups excluding carboxylic acids is 1. The van der Waals surface area contributed by atoms with Gasteiger partial charge in [-0.25, -0.2) is 4.98 Å². The van der Waals surface area contributed by atoms with E-state index in [1.165, 1.54) is 12.8 Å². The van der Waals surface area contributed by atoms with Crippen LogP contribution < -0.4 is 10.2 Å². The zero-order valence-electron chi connectivity index (χ0n) is 13.1. The summed E-state index contributed by atoms with van der Waals surface area (Å²) in [5.74, 6) is 0.803. The van der Waals surface area contributed by atoms with Crippen molar-refractivity contribution in [3.05, 3.63) is 54.2 Å². The largest absolute Gasteiger partial charge is 0.367 e. The van der Waals surface area contributed by atoms with Gasteiger partial charge in [-0.3, -0.25) is 4.79 Å². The van der Waals surface area contributed by atoms with E-state index in [9.17, 15) is 4.79 Å². The second kappa shape index (κ2) is 7.74. The fourth-order valence-corrected chi connectivity index (χ4v) is 2.63. The molecule has 1 N–H and O–H groups in total. The SMILES string of the molecule is O=C(COCc1ccccc1)Nc1ccc(N2CCCC2)nc1. The van der Waals surface area contributed by atoms with Crippen molar-refractivity contribution in [2.24, 2.45) is 0 Å². The van der Waals surface area contributed by atoms with Crippen LogP contribution in [0.25, 0.3) is 0 Å². The lowest BCUT2D eigenvalue weighted by molar-refractivity contribution is -0.121. The van der Waals surface area contributed by atoms with Gasteiger partial charge in [0, 0.05) is 13.1 Å². The Bertz CT molecular complexity index is 622. The van der Waals surface area contributed by atoms with Crippen LogP contribution in [0.15, 0.2) is 48.7 Å². The molecule has 1 saturated heterocycles. The van der Waals surface area contributed by atoms with Gasteiger partial charge < -0.3 is 15.0 Å². The zero-order chi connectivity index (χ0) is 15.9. The minimum absolute atomic E-state index is 0.0305. The van der Waals surface area contributed by atoms with Crippen LogP contribution in [0.5, 0.6) is 0 Å². The van der Waals surface area contributed by atoms with Crippen LogP contribution in [0, 0.1) is 0 Å². The van der Waals surface area contributed by atoms with Gasteiger partial charge in [0.05, 0.1) is 18.5 Å². The second-order valence-corrected chi connectivity index (χ2v) is 5.63. The van der Waals surface area contributed by atoms with E-state index in [1.807, 2.05) is 42.5 Å². The minimum atomic E-state index is -0.170. The number of anilines is 2. The Morgan fingerprint density at radius 2 is 1.91 bits per heavy atom. The number of aromatic nitrogens is 1. The lowest BCUT2D eigenvalue weighted by Gasteiger charge is -2.16. The first-order valence-electron chi connectivity index (χ1n) is 7.94. The number of hydrogen-bond donors (Lipinski definition) is 1. The molecule has 0 spiro atoms. The van der Waals surface area contributed by atoms with Crippen LogP contribution in [0.3, 0.4) is 0 Å². The highest BCUT2D eigenvalue weighted by atomic mass is 16.5. The predicted molar refractivity (Wildman–Crippen MR) is 90.4 cm³/mol. The normalized spacial score (nSPS) is 14.0. The van der Waals surface area contributed by atoms with Crippen molar-refractivity contribution in [1.29, 1.82) is 0 Å². The molecule has 23 heavy (non-hydrogen) atoms. The maximum atomic E-state index is 11.9. The van der Waals surface area contributed by atoms with E-state index < -0.39 is 0 Å². The van der Waals surface area contributed by atoms with E-state index in [1.54, 1.807) is 6.20 Å². The molecule has 0 atom stereocenters. The first-order chi connectivity index (χ1) is 11.3. The van der Waals surface area contributed by atoms with Crippen molar-refractivity contribution >= 4 is 17.4 Å². The quantitative estimate of drug-likeness (QED) is 0.891. The van der Waals surface area contributed by atoms with Crippen LogP contribution in [-0.4, -0.2) is 30.6 Å². The molecular formula is C18H21N3O2. The molecule has 5 heteroatoms. The molecule has 1 aromatic heterocycles. The summed E-state index contributed by atoms with van der Waals surface area (Å²) in [6.07, 6.45) is 4.14. The Morgan fingerprint density at radius 1 is 1.13 bits per heavy atom. The van der Waals surface area contributed by atoms with E-state index in [-0.39, 0.29) is 12.5 Å². The molecule has 1 fully saturated rings. The zero-order valence-corrected chi connectivity index (χ0v) is 13.1. The molecule has 120 valence electrons. The van der Waals surface area contributed by atoms with Gasteiger partial charge in [-0.05, 0) is 30.5 Å². The third kappa shape index (κ3) is 4.53. The molecule has 0 saturated carbocycles. The van der Waals surface area contributed by atoms with Crippen molar-refractivity contribution in [3.63, 3.8) is 0 Å². The summed E-state index contributed by atoms with van der Waals surface area (Å²) in [6.45, 7) is 2.58. The number of nitrogens with zero attached hydrogens (tertiary/aromatic N) is 2. The maximum Gasteiger partial charge on any atom is 0.250 e. The van der Waals surface area contributed by atoms with Crippen molar-refractivity contribution in [1.82, 2.24) is 4.98 Å². The molecule has 1 aromatic carbocycles. The highest BCUT2D eigenvalue weighted by molar-refractivity contribution is 5.91. The average Bonchev–Trinajstić information content (AvgIpc) is 3.11. The van der Waals surface area contributed by atoms with Crippen molar-refractivity contribution in [2.75, 3.05) is 29.9 Å². The summed E-state index contributed by atoms with van der Waals surface area (Å²) in [5.41, 5.74) is 1.75. The summed E-state index contributed by atoms with van der Waals surface area (Å²) in [4.78, 5) is 18.5. The van der Waals surface area contributed by atoms with E-state index in [0.717, 1.165) is 24.5 Å². The van der Waals surface area contributed by atoms with Gasteiger partial charge in [0.1, 0.15) is 12.4 Å². The smallest absolute Gasteiger partial charge is 0.250 e. The summed E-state index contributed by atoms with van der Waals surface area (Å²) in [6, 6.07) is 13.6. The minimum Gasteiger partial charge on any atom is -0.367 e. The molecule has 1 aliphatic heterocycles. The number of ether oxygens (including phenoxy) is 1. The summed E-state index contributed by atoms with van der Waals surface area (Å²) >= 11 is 0. The first kappa shape index (κ1) is 15.5. The van der Waals surface area contributed by atoms with Gasteiger partial charge in [-0.1, -0.05) is 30.3 Å². The summed E-state index contributed by atoms with van der Waals surface area (Å²) in [5, 5.41) is 2.80. The number of hydrogen-bond acceptors (Lipinski definition) is 4. The Balaban J connectivity index is 1.44. The van der Waals surface area contributed by atoms with Gasteiger partial charge in [0.15, 0.2) is 0 Å². The average molecular weight is 311 g/mol. The number of benzene rings is 1. The Morgan fingerprint density at radius 3 is 2.61 bits per heavy atom. The monoisotopic (exact) mass is 311 g/mol. The van der Waals surface area contributed by atoms with Crippen LogP contribution in [0.4, 0.5) is 11.5 Å². The van der Waals surface area contributed by atoms with E-state index >= 15 is 0 Å². The molecule has 2 heterocycles.